The van der Waals surface area contributed by atoms with E-state index >= 15 is 0 Å². The van der Waals surface area contributed by atoms with Crippen molar-refractivity contribution in [2.75, 3.05) is 24.8 Å². The van der Waals surface area contributed by atoms with E-state index in [-0.39, 0.29) is 23.3 Å². The standard InChI is InChI=1S/C17H18N4O3S2/c1-11(9-24-2)21-15(23)12-5-3-4-6-13(12)19-17(21)26-10-14(22)20-16-18-7-8-25-16/h3-8,11H,9-10H2,1-2H3,(H,18,20,22)/t11-/m0/s1. The van der Waals surface area contributed by atoms with E-state index in [4.69, 9.17) is 4.74 Å². The van der Waals surface area contributed by atoms with Gasteiger partial charge < -0.3 is 10.1 Å². The molecular weight excluding hydrogens is 372 g/mol. The largest absolute Gasteiger partial charge is 0.383 e. The summed E-state index contributed by atoms with van der Waals surface area (Å²) in [5, 5.41) is 6.10. The number of amides is 1. The lowest BCUT2D eigenvalue weighted by molar-refractivity contribution is -0.113. The maximum absolute atomic E-state index is 12.9. The van der Waals surface area contributed by atoms with Crippen molar-refractivity contribution in [3.63, 3.8) is 0 Å². The summed E-state index contributed by atoms with van der Waals surface area (Å²) >= 11 is 2.57. The van der Waals surface area contributed by atoms with Gasteiger partial charge in [0.05, 0.1) is 29.3 Å². The van der Waals surface area contributed by atoms with Crippen LogP contribution in [-0.2, 0) is 9.53 Å². The molecule has 3 rings (SSSR count). The number of para-hydroxylation sites is 1. The van der Waals surface area contributed by atoms with Gasteiger partial charge in [0.15, 0.2) is 10.3 Å². The van der Waals surface area contributed by atoms with Crippen LogP contribution < -0.4 is 10.9 Å². The van der Waals surface area contributed by atoms with Crippen LogP contribution in [0.25, 0.3) is 10.9 Å². The number of carbonyl (C=O) groups excluding carboxylic acids is 1. The molecule has 0 aliphatic rings. The molecule has 0 radical (unpaired) electrons. The summed E-state index contributed by atoms with van der Waals surface area (Å²) in [7, 11) is 1.59. The first-order chi connectivity index (χ1) is 12.6. The Morgan fingerprint density at radius 1 is 1.42 bits per heavy atom. The Bertz CT molecular complexity index is 956. The third kappa shape index (κ3) is 4.12. The zero-order valence-corrected chi connectivity index (χ0v) is 16.0. The quantitative estimate of drug-likeness (QED) is 0.493. The van der Waals surface area contributed by atoms with Gasteiger partial charge in [0.1, 0.15) is 0 Å². The molecule has 7 nitrogen and oxygen atoms in total. The summed E-state index contributed by atoms with van der Waals surface area (Å²) in [6.45, 7) is 2.26. The van der Waals surface area contributed by atoms with Crippen molar-refractivity contribution >= 4 is 45.0 Å². The van der Waals surface area contributed by atoms with E-state index in [0.29, 0.717) is 27.8 Å². The van der Waals surface area contributed by atoms with Crippen LogP contribution in [0.1, 0.15) is 13.0 Å². The zero-order chi connectivity index (χ0) is 18.5. The number of nitrogens with one attached hydrogen (secondary N) is 1. The Morgan fingerprint density at radius 3 is 2.96 bits per heavy atom. The van der Waals surface area contributed by atoms with Gasteiger partial charge in [-0.15, -0.1) is 11.3 Å². The Hall–Kier alpha value is -2.23. The van der Waals surface area contributed by atoms with Crippen LogP contribution in [0.4, 0.5) is 5.13 Å². The van der Waals surface area contributed by atoms with Crippen molar-refractivity contribution in [3.8, 4) is 0 Å². The van der Waals surface area contributed by atoms with Crippen molar-refractivity contribution in [2.24, 2.45) is 0 Å². The number of anilines is 1. The van der Waals surface area contributed by atoms with Gasteiger partial charge in [0.25, 0.3) is 5.56 Å². The molecule has 0 aliphatic carbocycles. The average Bonchev–Trinajstić information content (AvgIpc) is 3.13. The van der Waals surface area contributed by atoms with Crippen LogP contribution in [0, 0.1) is 0 Å². The summed E-state index contributed by atoms with van der Waals surface area (Å²) in [5.41, 5.74) is 0.476. The first-order valence-corrected chi connectivity index (χ1v) is 9.79. The minimum absolute atomic E-state index is 0.129. The van der Waals surface area contributed by atoms with E-state index in [1.165, 1.54) is 23.1 Å². The number of rotatable bonds is 7. The lowest BCUT2D eigenvalue weighted by Crippen LogP contribution is -2.29. The predicted molar refractivity (Wildman–Crippen MR) is 104 cm³/mol. The van der Waals surface area contributed by atoms with E-state index in [9.17, 15) is 9.59 Å². The summed E-state index contributed by atoms with van der Waals surface area (Å²) in [6, 6.07) is 6.99. The van der Waals surface area contributed by atoms with Crippen LogP contribution in [0.2, 0.25) is 0 Å². The second-order valence-corrected chi connectivity index (χ2v) is 7.40. The number of hydrogen-bond acceptors (Lipinski definition) is 7. The number of benzene rings is 1. The summed E-state index contributed by atoms with van der Waals surface area (Å²) < 4.78 is 6.78. The molecule has 0 fully saturated rings. The summed E-state index contributed by atoms with van der Waals surface area (Å²) in [4.78, 5) is 33.7. The Kier molecular flexibility index (Phi) is 6.02. The Morgan fingerprint density at radius 2 is 2.23 bits per heavy atom. The fourth-order valence-electron chi connectivity index (χ4n) is 2.50. The van der Waals surface area contributed by atoms with Gasteiger partial charge in [-0.2, -0.15) is 0 Å². The molecule has 1 N–H and O–H groups in total. The number of fused-ring (bicyclic) bond motifs is 1. The van der Waals surface area contributed by atoms with Gasteiger partial charge in [-0.1, -0.05) is 23.9 Å². The third-order valence-corrected chi connectivity index (χ3v) is 5.28. The highest BCUT2D eigenvalue weighted by Gasteiger charge is 2.17. The SMILES string of the molecule is COC[C@H](C)n1c(SCC(=O)Nc2nccs2)nc2ccccc2c1=O. The monoisotopic (exact) mass is 390 g/mol. The molecule has 1 aromatic carbocycles. The highest BCUT2D eigenvalue weighted by molar-refractivity contribution is 7.99. The first kappa shape index (κ1) is 18.6. The van der Waals surface area contributed by atoms with Crippen molar-refractivity contribution in [1.29, 1.82) is 0 Å². The number of hydrogen-bond donors (Lipinski definition) is 1. The number of aromatic nitrogens is 3. The van der Waals surface area contributed by atoms with Gasteiger partial charge >= 0.3 is 0 Å². The molecule has 0 saturated heterocycles. The highest BCUT2D eigenvalue weighted by Crippen LogP contribution is 2.21. The van der Waals surface area contributed by atoms with Crippen molar-refractivity contribution in [2.45, 2.75) is 18.1 Å². The maximum atomic E-state index is 12.9. The lowest BCUT2D eigenvalue weighted by atomic mass is 10.2. The molecule has 0 aliphatic heterocycles. The van der Waals surface area contributed by atoms with Gasteiger partial charge in [0.2, 0.25) is 5.91 Å². The van der Waals surface area contributed by atoms with Crippen LogP contribution in [0.15, 0.2) is 45.8 Å². The maximum Gasteiger partial charge on any atom is 0.262 e. The van der Waals surface area contributed by atoms with E-state index < -0.39 is 0 Å². The lowest BCUT2D eigenvalue weighted by Gasteiger charge is -2.18. The number of carbonyl (C=O) groups is 1. The third-order valence-electron chi connectivity index (χ3n) is 3.64. The van der Waals surface area contributed by atoms with Crippen LogP contribution in [-0.4, -0.2) is 39.9 Å². The van der Waals surface area contributed by atoms with E-state index in [0.717, 1.165) is 0 Å². The molecule has 1 amide bonds. The number of thiazole rings is 1. The summed E-state index contributed by atoms with van der Waals surface area (Å²) in [5.74, 6) is -0.0670. The number of thioether (sulfide) groups is 1. The van der Waals surface area contributed by atoms with Gasteiger partial charge in [-0.25, -0.2) is 9.97 Å². The molecule has 9 heteroatoms. The minimum atomic E-state index is -0.200. The topological polar surface area (TPSA) is 86.1 Å². The molecule has 0 spiro atoms. The predicted octanol–water partition coefficient (Wildman–Crippen LogP) is 2.79. The highest BCUT2D eigenvalue weighted by atomic mass is 32.2. The van der Waals surface area contributed by atoms with E-state index in [2.05, 4.69) is 15.3 Å². The van der Waals surface area contributed by atoms with Crippen molar-refractivity contribution in [1.82, 2.24) is 14.5 Å². The second kappa shape index (κ2) is 8.43. The molecule has 0 saturated carbocycles. The van der Waals surface area contributed by atoms with Gasteiger partial charge in [-0.05, 0) is 19.1 Å². The fourth-order valence-corrected chi connectivity index (χ4v) is 3.94. The molecular formula is C17H18N4O3S2. The molecule has 3 aromatic rings. The smallest absolute Gasteiger partial charge is 0.262 e. The average molecular weight is 390 g/mol. The Balaban J connectivity index is 1.89. The van der Waals surface area contributed by atoms with Gasteiger partial charge in [0, 0.05) is 18.7 Å². The molecule has 2 heterocycles. The second-order valence-electron chi connectivity index (χ2n) is 5.57. The number of methoxy groups -OCH3 is 1. The van der Waals surface area contributed by atoms with Crippen LogP contribution in [0.5, 0.6) is 0 Å². The van der Waals surface area contributed by atoms with Gasteiger partial charge in [-0.3, -0.25) is 14.2 Å². The van der Waals surface area contributed by atoms with Crippen LogP contribution >= 0.6 is 23.1 Å². The van der Waals surface area contributed by atoms with E-state index in [1.807, 2.05) is 19.1 Å². The van der Waals surface area contributed by atoms with E-state index in [1.54, 1.807) is 35.4 Å². The Labute approximate surface area is 158 Å². The zero-order valence-electron chi connectivity index (χ0n) is 14.3. The number of ether oxygens (including phenoxy) is 1. The summed E-state index contributed by atoms with van der Waals surface area (Å²) in [6.07, 6.45) is 1.63. The molecule has 2 aromatic heterocycles. The fraction of sp³-hybridized carbons (Fsp3) is 0.294. The number of nitrogens with zero attached hydrogens (tertiary/aromatic N) is 3. The van der Waals surface area contributed by atoms with Crippen molar-refractivity contribution < 1.29 is 9.53 Å². The first-order valence-electron chi connectivity index (χ1n) is 7.92. The molecule has 136 valence electrons. The molecule has 0 bridgehead atoms. The molecule has 1 atom stereocenters. The van der Waals surface area contributed by atoms with Crippen molar-refractivity contribution in [3.05, 3.63) is 46.2 Å². The normalized spacial score (nSPS) is 12.2. The molecule has 26 heavy (non-hydrogen) atoms. The minimum Gasteiger partial charge on any atom is -0.383 e. The van der Waals surface area contributed by atoms with Crippen LogP contribution in [0.3, 0.4) is 0 Å². The molecule has 0 unspecified atom stereocenters.